The van der Waals surface area contributed by atoms with Gasteiger partial charge in [-0.25, -0.2) is 14.6 Å². The summed E-state index contributed by atoms with van der Waals surface area (Å²) in [7, 11) is 0. The van der Waals surface area contributed by atoms with Gasteiger partial charge in [0, 0.05) is 30.5 Å². The van der Waals surface area contributed by atoms with Crippen LogP contribution in [0.5, 0.6) is 0 Å². The number of nitrogens with zero attached hydrogens (tertiary/aromatic N) is 5. The van der Waals surface area contributed by atoms with Gasteiger partial charge in [0.25, 0.3) is 6.47 Å². The number of rotatable bonds is 6. The Balaban J connectivity index is 0.000000858. The highest BCUT2D eigenvalue weighted by atomic mass is 35.5. The molecule has 0 saturated carbocycles. The molecule has 1 aliphatic heterocycles. The van der Waals surface area contributed by atoms with Crippen molar-refractivity contribution in [1.29, 1.82) is 0 Å². The molecule has 0 aliphatic carbocycles. The van der Waals surface area contributed by atoms with E-state index < -0.39 is 5.41 Å². The number of carbonyl (C=O) groups excluding carboxylic acids is 1. The molecule has 1 saturated heterocycles. The van der Waals surface area contributed by atoms with Crippen LogP contribution in [0.4, 0.5) is 5.95 Å². The van der Waals surface area contributed by atoms with E-state index >= 15 is 0 Å². The zero-order valence-electron chi connectivity index (χ0n) is 16.7. The predicted molar refractivity (Wildman–Crippen MR) is 111 cm³/mol. The average molecular weight is 445 g/mol. The minimum absolute atomic E-state index is 0.0444. The van der Waals surface area contributed by atoms with Crippen molar-refractivity contribution < 1.29 is 19.3 Å². The fraction of sp³-hybridized carbons (Fsp3) is 0.300. The van der Waals surface area contributed by atoms with Crippen LogP contribution in [0.2, 0.25) is 5.02 Å². The summed E-state index contributed by atoms with van der Waals surface area (Å²) in [4.78, 5) is 32.0. The standard InChI is InChI=1S/C19H19ClN6O2.CH2O2/c1-13-16(25-28-24-13)10-23-17(27)19(9-14-3-5-15(20)6-4-14)11-26(12-19)18-21-7-2-8-22-18;2-1-3/h2-8H,9-12H2,1H3,(H,23,27);1H,(H,2,3). The quantitative estimate of drug-likeness (QED) is 0.546. The Labute approximate surface area is 183 Å². The Morgan fingerprint density at radius 3 is 2.48 bits per heavy atom. The number of anilines is 1. The van der Waals surface area contributed by atoms with Gasteiger partial charge in [0.05, 0.1) is 12.0 Å². The largest absolute Gasteiger partial charge is 0.483 e. The van der Waals surface area contributed by atoms with Crippen LogP contribution in [-0.2, 0) is 22.6 Å². The van der Waals surface area contributed by atoms with E-state index in [1.54, 1.807) is 25.4 Å². The van der Waals surface area contributed by atoms with Gasteiger partial charge in [-0.3, -0.25) is 9.59 Å². The second-order valence-corrected chi connectivity index (χ2v) is 7.51. The number of nitrogens with one attached hydrogen (secondary N) is 1. The maximum atomic E-state index is 13.1. The highest BCUT2D eigenvalue weighted by Gasteiger charge is 2.50. The van der Waals surface area contributed by atoms with Crippen molar-refractivity contribution in [3.63, 3.8) is 0 Å². The van der Waals surface area contributed by atoms with Crippen LogP contribution < -0.4 is 10.2 Å². The molecule has 4 rings (SSSR count). The number of aromatic nitrogens is 4. The maximum absolute atomic E-state index is 13.1. The van der Waals surface area contributed by atoms with Crippen molar-refractivity contribution in [3.8, 4) is 0 Å². The SMILES string of the molecule is Cc1nonc1CNC(=O)C1(Cc2ccc(Cl)cc2)CN(c2ncccn2)C1.O=CO. The molecule has 0 unspecified atom stereocenters. The molecule has 162 valence electrons. The summed E-state index contributed by atoms with van der Waals surface area (Å²) in [5, 5.41) is 18.1. The Kier molecular flexibility index (Phi) is 7.14. The highest BCUT2D eigenvalue weighted by Crippen LogP contribution is 2.36. The molecule has 2 aromatic heterocycles. The van der Waals surface area contributed by atoms with E-state index in [2.05, 4.69) is 25.6 Å². The fourth-order valence-corrected chi connectivity index (χ4v) is 3.50. The van der Waals surface area contributed by atoms with Gasteiger partial charge in [-0.15, -0.1) is 0 Å². The molecule has 31 heavy (non-hydrogen) atoms. The smallest absolute Gasteiger partial charge is 0.290 e. The highest BCUT2D eigenvalue weighted by molar-refractivity contribution is 6.30. The normalized spacial score (nSPS) is 14.1. The second-order valence-electron chi connectivity index (χ2n) is 7.07. The van der Waals surface area contributed by atoms with Crippen LogP contribution in [0.3, 0.4) is 0 Å². The zero-order valence-corrected chi connectivity index (χ0v) is 17.5. The molecular weight excluding hydrogens is 424 g/mol. The number of aryl methyl sites for hydroxylation is 1. The fourth-order valence-electron chi connectivity index (χ4n) is 3.37. The molecule has 0 radical (unpaired) electrons. The Morgan fingerprint density at radius 2 is 1.90 bits per heavy atom. The van der Waals surface area contributed by atoms with Crippen molar-refractivity contribution in [2.24, 2.45) is 5.41 Å². The lowest BCUT2D eigenvalue weighted by molar-refractivity contribution is -0.132. The van der Waals surface area contributed by atoms with E-state index in [-0.39, 0.29) is 18.9 Å². The summed E-state index contributed by atoms with van der Waals surface area (Å²) in [6.07, 6.45) is 3.99. The number of halogens is 1. The van der Waals surface area contributed by atoms with Crippen molar-refractivity contribution >= 4 is 29.9 Å². The van der Waals surface area contributed by atoms with Crippen LogP contribution in [0, 0.1) is 12.3 Å². The first-order valence-electron chi connectivity index (χ1n) is 9.38. The van der Waals surface area contributed by atoms with Gasteiger partial charge < -0.3 is 15.3 Å². The van der Waals surface area contributed by atoms with Crippen molar-refractivity contribution in [2.45, 2.75) is 19.9 Å². The summed E-state index contributed by atoms with van der Waals surface area (Å²) in [6.45, 7) is 2.88. The lowest BCUT2D eigenvalue weighted by Gasteiger charge is -2.48. The number of carboxylic acid groups (broad SMARTS) is 1. The number of carbonyl (C=O) groups is 2. The molecule has 0 bridgehead atoms. The first-order chi connectivity index (χ1) is 15.0. The van der Waals surface area contributed by atoms with Crippen LogP contribution in [-0.4, -0.2) is 50.9 Å². The summed E-state index contributed by atoms with van der Waals surface area (Å²) in [5.74, 6) is 0.579. The lowest BCUT2D eigenvalue weighted by atomic mass is 9.74. The van der Waals surface area contributed by atoms with E-state index in [0.717, 1.165) is 5.56 Å². The Bertz CT molecular complexity index is 1010. The molecule has 1 amide bonds. The van der Waals surface area contributed by atoms with Gasteiger partial charge >= 0.3 is 0 Å². The van der Waals surface area contributed by atoms with E-state index in [1.165, 1.54) is 0 Å². The third-order valence-electron chi connectivity index (χ3n) is 4.92. The summed E-state index contributed by atoms with van der Waals surface area (Å²) >= 11 is 5.99. The predicted octanol–water partition coefficient (Wildman–Crippen LogP) is 1.89. The number of amides is 1. The van der Waals surface area contributed by atoms with Crippen molar-refractivity contribution in [1.82, 2.24) is 25.6 Å². The molecule has 1 aromatic carbocycles. The van der Waals surface area contributed by atoms with Gasteiger partial charge in [-0.2, -0.15) is 0 Å². The van der Waals surface area contributed by atoms with E-state index in [9.17, 15) is 4.79 Å². The van der Waals surface area contributed by atoms with Gasteiger partial charge in [-0.1, -0.05) is 34.0 Å². The van der Waals surface area contributed by atoms with Gasteiger partial charge in [0.15, 0.2) is 0 Å². The number of hydrogen-bond donors (Lipinski definition) is 2. The minimum atomic E-state index is -0.585. The van der Waals surface area contributed by atoms with Gasteiger partial charge in [0.1, 0.15) is 11.4 Å². The Hall–Kier alpha value is -3.53. The molecule has 3 heterocycles. The molecule has 1 aliphatic rings. The second kappa shape index (κ2) is 9.98. The lowest BCUT2D eigenvalue weighted by Crippen LogP contribution is -2.64. The van der Waals surface area contributed by atoms with Crippen LogP contribution in [0.25, 0.3) is 0 Å². The molecular formula is C20H21ClN6O4. The summed E-state index contributed by atoms with van der Waals surface area (Å²) < 4.78 is 4.70. The third-order valence-corrected chi connectivity index (χ3v) is 5.17. The summed E-state index contributed by atoms with van der Waals surface area (Å²) in [6, 6.07) is 9.34. The first kappa shape index (κ1) is 22.2. The molecule has 1 fully saturated rings. The topological polar surface area (TPSA) is 134 Å². The molecule has 10 nitrogen and oxygen atoms in total. The van der Waals surface area contributed by atoms with Crippen molar-refractivity contribution in [2.75, 3.05) is 18.0 Å². The molecule has 0 atom stereocenters. The van der Waals surface area contributed by atoms with E-state index in [4.69, 9.17) is 26.1 Å². The molecule has 0 spiro atoms. The van der Waals surface area contributed by atoms with Crippen LogP contribution in [0.15, 0.2) is 47.4 Å². The monoisotopic (exact) mass is 444 g/mol. The van der Waals surface area contributed by atoms with Gasteiger partial charge in [-0.05, 0) is 37.1 Å². The average Bonchev–Trinajstić information content (AvgIpc) is 3.16. The molecule has 11 heteroatoms. The van der Waals surface area contributed by atoms with Crippen LogP contribution in [0.1, 0.15) is 17.0 Å². The maximum Gasteiger partial charge on any atom is 0.290 e. The summed E-state index contributed by atoms with van der Waals surface area (Å²) in [5.41, 5.74) is 1.75. The minimum Gasteiger partial charge on any atom is -0.483 e. The van der Waals surface area contributed by atoms with Crippen molar-refractivity contribution in [3.05, 3.63) is 64.7 Å². The first-order valence-corrected chi connectivity index (χ1v) is 9.76. The third kappa shape index (κ3) is 5.34. The molecule has 2 N–H and O–H groups in total. The van der Waals surface area contributed by atoms with Gasteiger partial charge in [0.2, 0.25) is 11.9 Å². The molecule has 3 aromatic rings. The number of hydrogen-bond acceptors (Lipinski definition) is 8. The van der Waals surface area contributed by atoms with E-state index in [0.29, 0.717) is 41.9 Å². The Morgan fingerprint density at radius 1 is 1.26 bits per heavy atom. The van der Waals surface area contributed by atoms with E-state index in [1.807, 2.05) is 29.2 Å². The number of benzene rings is 1. The zero-order chi connectivity index (χ0) is 22.3. The van der Waals surface area contributed by atoms with Crippen LogP contribution >= 0.6 is 11.6 Å².